The van der Waals surface area contributed by atoms with E-state index in [4.69, 9.17) is 5.73 Å². The SMILES string of the molecule is NC(=O)Oc1ccc(N)cc1F. The first-order valence-corrected chi connectivity index (χ1v) is 3.12. The second-order valence-electron chi connectivity index (χ2n) is 2.11. The van der Waals surface area contributed by atoms with E-state index >= 15 is 0 Å². The van der Waals surface area contributed by atoms with Gasteiger partial charge in [0.05, 0.1) is 0 Å². The van der Waals surface area contributed by atoms with Gasteiger partial charge >= 0.3 is 6.09 Å². The number of hydrogen-bond acceptors (Lipinski definition) is 3. The van der Waals surface area contributed by atoms with Gasteiger partial charge in [-0.2, -0.15) is 0 Å². The first-order chi connectivity index (χ1) is 5.59. The van der Waals surface area contributed by atoms with E-state index in [0.29, 0.717) is 0 Å². The van der Waals surface area contributed by atoms with Crippen molar-refractivity contribution >= 4 is 11.8 Å². The molecule has 0 saturated heterocycles. The third-order valence-electron chi connectivity index (χ3n) is 1.17. The smallest absolute Gasteiger partial charge is 0.407 e. The summed E-state index contributed by atoms with van der Waals surface area (Å²) in [6, 6.07) is 3.68. The van der Waals surface area contributed by atoms with Gasteiger partial charge in [0.15, 0.2) is 11.6 Å². The van der Waals surface area contributed by atoms with Crippen molar-refractivity contribution in [3.63, 3.8) is 0 Å². The van der Waals surface area contributed by atoms with E-state index in [0.717, 1.165) is 6.07 Å². The zero-order chi connectivity index (χ0) is 9.14. The predicted molar refractivity (Wildman–Crippen MR) is 41.0 cm³/mol. The van der Waals surface area contributed by atoms with Gasteiger partial charge in [0.1, 0.15) is 0 Å². The molecule has 0 aliphatic carbocycles. The van der Waals surface area contributed by atoms with Gasteiger partial charge in [0.25, 0.3) is 0 Å². The Morgan fingerprint density at radius 2 is 2.17 bits per heavy atom. The van der Waals surface area contributed by atoms with Gasteiger partial charge in [-0.15, -0.1) is 0 Å². The van der Waals surface area contributed by atoms with Crippen LogP contribution in [-0.4, -0.2) is 6.09 Å². The van der Waals surface area contributed by atoms with Crippen LogP contribution < -0.4 is 16.2 Å². The summed E-state index contributed by atoms with van der Waals surface area (Å²) < 4.78 is 17.1. The molecule has 0 bridgehead atoms. The quantitative estimate of drug-likeness (QED) is 0.613. The molecule has 0 aromatic heterocycles. The fourth-order valence-electron chi connectivity index (χ4n) is 0.708. The van der Waals surface area contributed by atoms with Crippen LogP contribution in [0.5, 0.6) is 5.75 Å². The number of hydrogen-bond donors (Lipinski definition) is 2. The van der Waals surface area contributed by atoms with Gasteiger partial charge in [0, 0.05) is 11.8 Å². The van der Waals surface area contributed by atoms with Crippen molar-refractivity contribution in [2.24, 2.45) is 5.73 Å². The zero-order valence-corrected chi connectivity index (χ0v) is 6.08. The lowest BCUT2D eigenvalue weighted by molar-refractivity contribution is 0.208. The van der Waals surface area contributed by atoms with Crippen molar-refractivity contribution in [2.75, 3.05) is 5.73 Å². The van der Waals surface area contributed by atoms with E-state index in [1.807, 2.05) is 0 Å². The summed E-state index contributed by atoms with van der Waals surface area (Å²) in [5.41, 5.74) is 10.2. The van der Waals surface area contributed by atoms with Crippen molar-refractivity contribution in [2.45, 2.75) is 0 Å². The van der Waals surface area contributed by atoms with Crippen LogP contribution >= 0.6 is 0 Å². The first-order valence-electron chi connectivity index (χ1n) is 3.12. The Balaban J connectivity index is 2.93. The van der Waals surface area contributed by atoms with Gasteiger partial charge in [-0.1, -0.05) is 0 Å². The maximum atomic E-state index is 12.8. The minimum absolute atomic E-state index is 0.225. The molecule has 0 saturated carbocycles. The summed E-state index contributed by atoms with van der Waals surface area (Å²) in [6.45, 7) is 0. The van der Waals surface area contributed by atoms with Crippen molar-refractivity contribution in [1.29, 1.82) is 0 Å². The van der Waals surface area contributed by atoms with Crippen LogP contribution in [-0.2, 0) is 0 Å². The van der Waals surface area contributed by atoms with E-state index in [1.54, 1.807) is 0 Å². The molecular weight excluding hydrogens is 163 g/mol. The standard InChI is InChI=1S/C7H7FN2O2/c8-5-3-4(9)1-2-6(5)12-7(10)11/h1-3H,9H2,(H2,10,11). The second kappa shape index (κ2) is 3.08. The third kappa shape index (κ3) is 1.85. The Morgan fingerprint density at radius 3 is 2.67 bits per heavy atom. The molecule has 1 aromatic carbocycles. The molecule has 0 aliphatic rings. The Labute approximate surface area is 67.9 Å². The summed E-state index contributed by atoms with van der Waals surface area (Å²) >= 11 is 0. The molecule has 1 aromatic rings. The number of ether oxygens (including phenoxy) is 1. The number of nitrogen functional groups attached to an aromatic ring is 1. The number of carbonyl (C=O) groups is 1. The van der Waals surface area contributed by atoms with Crippen LogP contribution in [0.15, 0.2) is 18.2 Å². The van der Waals surface area contributed by atoms with E-state index in [2.05, 4.69) is 10.5 Å². The molecule has 0 unspecified atom stereocenters. The van der Waals surface area contributed by atoms with E-state index < -0.39 is 11.9 Å². The highest BCUT2D eigenvalue weighted by atomic mass is 19.1. The molecule has 4 N–H and O–H groups in total. The largest absolute Gasteiger partial charge is 0.410 e. The van der Waals surface area contributed by atoms with Crippen LogP contribution in [0, 0.1) is 5.82 Å². The molecule has 12 heavy (non-hydrogen) atoms. The molecule has 0 spiro atoms. The van der Waals surface area contributed by atoms with Crippen molar-refractivity contribution in [1.82, 2.24) is 0 Å². The third-order valence-corrected chi connectivity index (χ3v) is 1.17. The molecule has 5 heteroatoms. The fraction of sp³-hybridized carbons (Fsp3) is 0. The van der Waals surface area contributed by atoms with Crippen molar-refractivity contribution in [3.8, 4) is 5.75 Å². The molecule has 1 amide bonds. The predicted octanol–water partition coefficient (Wildman–Crippen LogP) is 0.865. The normalized spacial score (nSPS) is 9.42. The lowest BCUT2D eigenvalue weighted by Gasteiger charge is -2.01. The number of primary amides is 1. The number of nitrogens with two attached hydrogens (primary N) is 2. The van der Waals surface area contributed by atoms with Crippen LogP contribution in [0.1, 0.15) is 0 Å². The highest BCUT2D eigenvalue weighted by Crippen LogP contribution is 2.18. The number of rotatable bonds is 1. The molecule has 0 atom stereocenters. The number of amides is 1. The molecule has 4 nitrogen and oxygen atoms in total. The Kier molecular flexibility index (Phi) is 2.14. The highest BCUT2D eigenvalue weighted by molar-refractivity contribution is 5.68. The molecule has 1 rings (SSSR count). The molecule has 0 radical (unpaired) electrons. The Bertz CT molecular complexity index is 314. The Morgan fingerprint density at radius 1 is 1.50 bits per heavy atom. The summed E-state index contributed by atoms with van der Waals surface area (Å²) in [4.78, 5) is 10.2. The average Bonchev–Trinajstić information content (AvgIpc) is 1.94. The van der Waals surface area contributed by atoms with Crippen LogP contribution in [0.25, 0.3) is 0 Å². The molecule has 0 heterocycles. The zero-order valence-electron chi connectivity index (χ0n) is 6.08. The molecule has 64 valence electrons. The minimum Gasteiger partial charge on any atom is -0.407 e. The van der Waals surface area contributed by atoms with Crippen LogP contribution in [0.3, 0.4) is 0 Å². The monoisotopic (exact) mass is 170 g/mol. The van der Waals surface area contributed by atoms with Crippen molar-refractivity contribution < 1.29 is 13.9 Å². The lowest BCUT2D eigenvalue weighted by atomic mass is 10.3. The number of halogens is 1. The molecule has 0 aliphatic heterocycles. The second-order valence-corrected chi connectivity index (χ2v) is 2.11. The van der Waals surface area contributed by atoms with Gasteiger partial charge in [0.2, 0.25) is 0 Å². The van der Waals surface area contributed by atoms with Gasteiger partial charge in [-0.3, -0.25) is 0 Å². The number of benzene rings is 1. The average molecular weight is 170 g/mol. The van der Waals surface area contributed by atoms with Crippen molar-refractivity contribution in [3.05, 3.63) is 24.0 Å². The number of carbonyl (C=O) groups excluding carboxylic acids is 1. The van der Waals surface area contributed by atoms with Gasteiger partial charge in [-0.25, -0.2) is 9.18 Å². The summed E-state index contributed by atoms with van der Waals surface area (Å²) in [7, 11) is 0. The topological polar surface area (TPSA) is 78.3 Å². The maximum absolute atomic E-state index is 12.8. The van der Waals surface area contributed by atoms with E-state index in [-0.39, 0.29) is 11.4 Å². The van der Waals surface area contributed by atoms with Gasteiger partial charge < -0.3 is 16.2 Å². The molecular formula is C7H7FN2O2. The van der Waals surface area contributed by atoms with Crippen LogP contribution in [0.4, 0.5) is 14.9 Å². The highest BCUT2D eigenvalue weighted by Gasteiger charge is 2.05. The lowest BCUT2D eigenvalue weighted by Crippen LogP contribution is -2.16. The maximum Gasteiger partial charge on any atom is 0.410 e. The van der Waals surface area contributed by atoms with E-state index in [1.165, 1.54) is 12.1 Å². The van der Waals surface area contributed by atoms with Gasteiger partial charge in [-0.05, 0) is 12.1 Å². The fourth-order valence-corrected chi connectivity index (χ4v) is 0.708. The summed E-state index contributed by atoms with van der Waals surface area (Å²) in [5.74, 6) is -0.939. The first kappa shape index (κ1) is 8.32. The number of anilines is 1. The Hall–Kier alpha value is -1.78. The minimum atomic E-state index is -1.06. The summed E-state index contributed by atoms with van der Waals surface area (Å²) in [6.07, 6.45) is -1.06. The van der Waals surface area contributed by atoms with E-state index in [9.17, 15) is 9.18 Å². The summed E-state index contributed by atoms with van der Waals surface area (Å²) in [5, 5.41) is 0. The van der Waals surface area contributed by atoms with Crippen LogP contribution in [0.2, 0.25) is 0 Å². The molecule has 0 fully saturated rings.